The molecular formula is C25H21NO5S. The number of fused-ring (bicyclic) bond motifs is 1. The predicted octanol–water partition coefficient (Wildman–Crippen LogP) is 5.49. The third-order valence-electron chi connectivity index (χ3n) is 5.38. The second-order valence-electron chi connectivity index (χ2n) is 7.47. The summed E-state index contributed by atoms with van der Waals surface area (Å²) < 4.78 is 10.3. The lowest BCUT2D eigenvalue weighted by molar-refractivity contribution is 0.0603. The topological polar surface area (TPSA) is 85.6 Å². The van der Waals surface area contributed by atoms with Crippen molar-refractivity contribution in [3.63, 3.8) is 0 Å². The molecule has 0 atom stereocenters. The van der Waals surface area contributed by atoms with E-state index in [1.54, 1.807) is 24.3 Å². The van der Waals surface area contributed by atoms with E-state index < -0.39 is 17.5 Å². The van der Waals surface area contributed by atoms with Crippen LogP contribution in [0.1, 0.15) is 36.7 Å². The van der Waals surface area contributed by atoms with E-state index in [0.717, 1.165) is 21.6 Å². The molecule has 2 aromatic carbocycles. The number of para-hydroxylation sites is 1. The number of amides is 1. The van der Waals surface area contributed by atoms with Gasteiger partial charge in [0.25, 0.3) is 5.91 Å². The zero-order chi connectivity index (χ0) is 23.0. The molecule has 7 heteroatoms. The van der Waals surface area contributed by atoms with Gasteiger partial charge >= 0.3 is 11.6 Å². The number of carbonyl (C=O) groups excluding carboxylic acids is 2. The fourth-order valence-corrected chi connectivity index (χ4v) is 4.62. The van der Waals surface area contributed by atoms with Gasteiger partial charge in [0, 0.05) is 15.8 Å². The Hall–Kier alpha value is -3.71. The minimum absolute atomic E-state index is 0.140. The van der Waals surface area contributed by atoms with Crippen LogP contribution in [0.2, 0.25) is 0 Å². The molecule has 1 N–H and O–H groups in total. The van der Waals surface area contributed by atoms with Crippen LogP contribution in [0.5, 0.6) is 0 Å². The van der Waals surface area contributed by atoms with E-state index in [9.17, 15) is 14.4 Å². The minimum atomic E-state index is -0.747. The van der Waals surface area contributed by atoms with Crippen molar-refractivity contribution >= 4 is 39.2 Å². The summed E-state index contributed by atoms with van der Waals surface area (Å²) in [5, 5.41) is 3.67. The van der Waals surface area contributed by atoms with Gasteiger partial charge in [-0.3, -0.25) is 4.79 Å². The van der Waals surface area contributed by atoms with Crippen molar-refractivity contribution < 1.29 is 18.7 Å². The maximum atomic E-state index is 13.0. The third-order valence-corrected chi connectivity index (χ3v) is 6.40. The summed E-state index contributed by atoms with van der Waals surface area (Å²) in [6.45, 7) is 5.89. The van der Waals surface area contributed by atoms with Gasteiger partial charge in [0.15, 0.2) is 0 Å². The zero-order valence-electron chi connectivity index (χ0n) is 18.1. The summed E-state index contributed by atoms with van der Waals surface area (Å²) in [7, 11) is 1.29. The van der Waals surface area contributed by atoms with Crippen LogP contribution in [0.4, 0.5) is 5.00 Å². The zero-order valence-corrected chi connectivity index (χ0v) is 18.9. The number of hydrogen-bond donors (Lipinski definition) is 1. The highest BCUT2D eigenvalue weighted by Gasteiger charge is 2.26. The first kappa shape index (κ1) is 21.5. The molecule has 2 heterocycles. The summed E-state index contributed by atoms with van der Waals surface area (Å²) in [5.41, 5.74) is 3.55. The summed E-state index contributed by atoms with van der Waals surface area (Å²) in [5.74, 6) is -1.22. The van der Waals surface area contributed by atoms with Gasteiger partial charge in [-0.1, -0.05) is 36.4 Å². The third kappa shape index (κ3) is 3.83. The van der Waals surface area contributed by atoms with Crippen LogP contribution < -0.4 is 10.9 Å². The molecule has 4 aromatic rings. The van der Waals surface area contributed by atoms with Crippen LogP contribution in [0, 0.1) is 20.8 Å². The molecule has 32 heavy (non-hydrogen) atoms. The molecule has 4 rings (SSSR count). The number of aryl methyl sites for hydroxylation is 3. The Balaban J connectivity index is 1.80. The molecule has 6 nitrogen and oxygen atoms in total. The Morgan fingerprint density at radius 3 is 2.47 bits per heavy atom. The van der Waals surface area contributed by atoms with Crippen molar-refractivity contribution in [1.29, 1.82) is 0 Å². The van der Waals surface area contributed by atoms with Gasteiger partial charge in [-0.15, -0.1) is 11.3 Å². The number of benzene rings is 2. The number of ether oxygens (including phenoxy) is 1. The second-order valence-corrected chi connectivity index (χ2v) is 8.69. The minimum Gasteiger partial charge on any atom is -0.465 e. The first-order valence-electron chi connectivity index (χ1n) is 9.93. The number of esters is 1. The number of thiophene rings is 1. The molecule has 0 aliphatic heterocycles. The number of carbonyl (C=O) groups is 2. The molecule has 162 valence electrons. The number of anilines is 1. The quantitative estimate of drug-likeness (QED) is 0.330. The molecule has 0 unspecified atom stereocenters. The summed E-state index contributed by atoms with van der Waals surface area (Å²) in [4.78, 5) is 38.9. The lowest BCUT2D eigenvalue weighted by atomic mass is 9.97. The van der Waals surface area contributed by atoms with Crippen LogP contribution in [0.15, 0.2) is 57.7 Å². The molecular weight excluding hydrogens is 426 g/mol. The molecule has 0 spiro atoms. The summed E-state index contributed by atoms with van der Waals surface area (Å²) >= 11 is 1.26. The molecule has 0 saturated carbocycles. The Morgan fingerprint density at radius 1 is 1.00 bits per heavy atom. The van der Waals surface area contributed by atoms with Crippen LogP contribution in [-0.2, 0) is 4.74 Å². The molecule has 2 aromatic heterocycles. The van der Waals surface area contributed by atoms with E-state index >= 15 is 0 Å². The van der Waals surface area contributed by atoms with Crippen LogP contribution >= 0.6 is 11.3 Å². The smallest absolute Gasteiger partial charge is 0.349 e. The van der Waals surface area contributed by atoms with Crippen molar-refractivity contribution in [2.24, 2.45) is 0 Å². The van der Waals surface area contributed by atoms with E-state index in [0.29, 0.717) is 21.5 Å². The van der Waals surface area contributed by atoms with Gasteiger partial charge in [-0.2, -0.15) is 0 Å². The molecule has 0 aliphatic carbocycles. The maximum Gasteiger partial charge on any atom is 0.349 e. The summed E-state index contributed by atoms with van der Waals surface area (Å²) in [6.07, 6.45) is 0. The summed E-state index contributed by atoms with van der Waals surface area (Å²) in [6, 6.07) is 14.4. The second kappa shape index (κ2) is 8.43. The standard InChI is InChI=1S/C25H21NO5S/c1-13-9-10-17(11-14(13)2)20-15(3)32-23(21(20)25(29)30-4)26-22(27)18-12-16-7-5-6-8-19(16)31-24(18)28/h5-12H,1-4H3,(H,26,27). The average molecular weight is 448 g/mol. The van der Waals surface area contributed by atoms with E-state index in [-0.39, 0.29) is 11.1 Å². The SMILES string of the molecule is COC(=O)c1c(NC(=O)c2cc3ccccc3oc2=O)sc(C)c1-c1ccc(C)c(C)c1. The number of nitrogens with one attached hydrogen (secondary N) is 1. The molecule has 1 amide bonds. The average Bonchev–Trinajstić information content (AvgIpc) is 3.09. The van der Waals surface area contributed by atoms with Crippen molar-refractivity contribution in [2.45, 2.75) is 20.8 Å². The number of methoxy groups -OCH3 is 1. The first-order valence-corrected chi connectivity index (χ1v) is 10.8. The molecule has 0 fully saturated rings. The lowest BCUT2D eigenvalue weighted by Crippen LogP contribution is -2.21. The Kier molecular flexibility index (Phi) is 5.67. The number of hydrogen-bond acceptors (Lipinski definition) is 6. The number of rotatable bonds is 4. The van der Waals surface area contributed by atoms with Gasteiger partial charge in [0.2, 0.25) is 0 Å². The van der Waals surface area contributed by atoms with E-state index in [2.05, 4.69) is 5.32 Å². The van der Waals surface area contributed by atoms with Gasteiger partial charge in [-0.05, 0) is 49.6 Å². The predicted molar refractivity (Wildman–Crippen MR) is 126 cm³/mol. The highest BCUT2D eigenvalue weighted by atomic mass is 32.1. The van der Waals surface area contributed by atoms with Crippen LogP contribution in [0.3, 0.4) is 0 Å². The van der Waals surface area contributed by atoms with E-state index in [4.69, 9.17) is 9.15 Å². The molecule has 0 saturated heterocycles. The van der Waals surface area contributed by atoms with Crippen molar-refractivity contribution in [1.82, 2.24) is 0 Å². The van der Waals surface area contributed by atoms with Gasteiger partial charge < -0.3 is 14.5 Å². The van der Waals surface area contributed by atoms with Gasteiger partial charge in [0.1, 0.15) is 21.7 Å². The molecule has 0 aliphatic rings. The van der Waals surface area contributed by atoms with Gasteiger partial charge in [-0.25, -0.2) is 9.59 Å². The fourth-order valence-electron chi connectivity index (χ4n) is 3.56. The fraction of sp³-hybridized carbons (Fsp3) is 0.160. The largest absolute Gasteiger partial charge is 0.465 e. The lowest BCUT2D eigenvalue weighted by Gasteiger charge is -2.10. The van der Waals surface area contributed by atoms with E-state index in [1.165, 1.54) is 24.5 Å². The molecule has 0 bridgehead atoms. The highest BCUT2D eigenvalue weighted by molar-refractivity contribution is 7.17. The van der Waals surface area contributed by atoms with Gasteiger partial charge in [0.05, 0.1) is 7.11 Å². The Bertz CT molecular complexity index is 1430. The Labute approximate surface area is 188 Å². The molecule has 0 radical (unpaired) electrons. The van der Waals surface area contributed by atoms with E-state index in [1.807, 2.05) is 39.0 Å². The normalized spacial score (nSPS) is 10.9. The Morgan fingerprint density at radius 2 is 1.75 bits per heavy atom. The van der Waals surface area contributed by atoms with Crippen molar-refractivity contribution in [2.75, 3.05) is 12.4 Å². The maximum absolute atomic E-state index is 13.0. The van der Waals surface area contributed by atoms with Crippen LogP contribution in [0.25, 0.3) is 22.1 Å². The van der Waals surface area contributed by atoms with Crippen molar-refractivity contribution in [3.05, 3.63) is 86.1 Å². The highest BCUT2D eigenvalue weighted by Crippen LogP contribution is 2.41. The van der Waals surface area contributed by atoms with Crippen molar-refractivity contribution in [3.8, 4) is 11.1 Å². The first-order chi connectivity index (χ1) is 15.3. The monoisotopic (exact) mass is 447 g/mol. The van der Waals surface area contributed by atoms with Crippen LogP contribution in [-0.4, -0.2) is 19.0 Å².